The highest BCUT2D eigenvalue weighted by Gasteiger charge is 2.30. The molecule has 0 radical (unpaired) electrons. The minimum atomic E-state index is -4.37. The molecule has 0 fully saturated rings. The third kappa shape index (κ3) is 4.39. The third-order valence-electron chi connectivity index (χ3n) is 4.03. The van der Waals surface area contributed by atoms with Gasteiger partial charge in [0.25, 0.3) is 0 Å². The van der Waals surface area contributed by atoms with E-state index in [0.29, 0.717) is 23.6 Å². The maximum Gasteiger partial charge on any atom is 0.416 e. The van der Waals surface area contributed by atoms with Crippen LogP contribution in [-0.2, 0) is 12.7 Å². The fourth-order valence-corrected chi connectivity index (χ4v) is 2.72. The van der Waals surface area contributed by atoms with Crippen molar-refractivity contribution in [2.45, 2.75) is 26.6 Å². The van der Waals surface area contributed by atoms with Gasteiger partial charge in [-0.1, -0.05) is 12.1 Å². The molecule has 0 spiro atoms. The Morgan fingerprint density at radius 3 is 2.52 bits per heavy atom. The van der Waals surface area contributed by atoms with Gasteiger partial charge in [0.05, 0.1) is 5.56 Å². The molecule has 3 nitrogen and oxygen atoms in total. The predicted octanol–water partition coefficient (Wildman–Crippen LogP) is 5.98. The Balaban J connectivity index is 1.94. The fraction of sp³-hybridized carbons (Fsp3) is 0.190. The van der Waals surface area contributed by atoms with Crippen molar-refractivity contribution in [3.8, 4) is 11.5 Å². The largest absolute Gasteiger partial charge is 0.455 e. The lowest BCUT2D eigenvalue weighted by Gasteiger charge is -2.13. The lowest BCUT2D eigenvalue weighted by Crippen LogP contribution is -2.05. The van der Waals surface area contributed by atoms with E-state index in [0.717, 1.165) is 28.6 Å². The van der Waals surface area contributed by atoms with Gasteiger partial charge in [-0.15, -0.1) is 0 Å². The molecule has 0 aliphatic carbocycles. The van der Waals surface area contributed by atoms with Gasteiger partial charge in [-0.05, 0) is 67.6 Å². The molecule has 6 heteroatoms. The van der Waals surface area contributed by atoms with Crippen molar-refractivity contribution in [2.75, 3.05) is 0 Å². The number of alkyl halides is 3. The Bertz CT molecular complexity index is 964. The van der Waals surface area contributed by atoms with Crippen LogP contribution in [0.4, 0.5) is 13.2 Å². The summed E-state index contributed by atoms with van der Waals surface area (Å²) >= 11 is 0. The Kier molecular flexibility index (Phi) is 5.35. The van der Waals surface area contributed by atoms with E-state index in [2.05, 4.69) is 10.3 Å². The van der Waals surface area contributed by atoms with Gasteiger partial charge in [0, 0.05) is 18.1 Å². The number of aryl methyl sites for hydroxylation is 1. The summed E-state index contributed by atoms with van der Waals surface area (Å²) in [6.07, 6.45) is 1.15. The Morgan fingerprint density at radius 2 is 1.85 bits per heavy atom. The van der Waals surface area contributed by atoms with Crippen LogP contribution < -0.4 is 10.1 Å². The molecule has 0 atom stereocenters. The SMILES string of the molecule is CC=CNCc1ccc(Oc2ccc(C(F)(F)F)cc2)c2ncc(C)cc12. The number of fused-ring (bicyclic) bond motifs is 1. The van der Waals surface area contributed by atoms with Crippen molar-refractivity contribution in [2.24, 2.45) is 0 Å². The van der Waals surface area contributed by atoms with Crippen LogP contribution in [-0.4, -0.2) is 4.98 Å². The summed E-state index contributed by atoms with van der Waals surface area (Å²) in [4.78, 5) is 4.47. The van der Waals surface area contributed by atoms with Crippen molar-refractivity contribution in [1.82, 2.24) is 10.3 Å². The number of nitrogens with one attached hydrogen (secondary N) is 1. The van der Waals surface area contributed by atoms with E-state index in [4.69, 9.17) is 4.74 Å². The molecule has 1 aromatic heterocycles. The van der Waals surface area contributed by atoms with Crippen molar-refractivity contribution in [1.29, 1.82) is 0 Å². The van der Waals surface area contributed by atoms with E-state index in [1.165, 1.54) is 12.1 Å². The quantitative estimate of drug-likeness (QED) is 0.598. The topological polar surface area (TPSA) is 34.1 Å². The van der Waals surface area contributed by atoms with Gasteiger partial charge in [-0.2, -0.15) is 13.2 Å². The Labute approximate surface area is 155 Å². The number of nitrogens with zero attached hydrogens (tertiary/aromatic N) is 1. The van der Waals surface area contributed by atoms with Gasteiger partial charge >= 0.3 is 6.18 Å². The highest BCUT2D eigenvalue weighted by molar-refractivity contribution is 5.88. The van der Waals surface area contributed by atoms with Crippen LogP contribution in [0.25, 0.3) is 10.9 Å². The predicted molar refractivity (Wildman–Crippen MR) is 99.7 cm³/mol. The number of rotatable bonds is 5. The first kappa shape index (κ1) is 18.8. The van der Waals surface area contributed by atoms with Crippen LogP contribution in [0.2, 0.25) is 0 Å². The number of halogens is 3. The smallest absolute Gasteiger partial charge is 0.416 e. The molecular weight excluding hydrogens is 353 g/mol. The molecule has 3 rings (SSSR count). The standard InChI is InChI=1S/C21H19F3N2O/c1-3-10-25-13-15-4-9-19(20-18(15)11-14(2)12-26-20)27-17-7-5-16(6-8-17)21(22,23)24/h3-12,25H,13H2,1-2H3. The molecule has 0 aliphatic rings. The number of aromatic nitrogens is 1. The molecule has 140 valence electrons. The third-order valence-corrected chi connectivity index (χ3v) is 4.03. The van der Waals surface area contributed by atoms with Gasteiger partial charge < -0.3 is 10.1 Å². The number of ether oxygens (including phenoxy) is 1. The molecule has 1 N–H and O–H groups in total. The maximum absolute atomic E-state index is 12.7. The van der Waals surface area contributed by atoms with Crippen molar-refractivity contribution in [3.05, 3.63) is 77.6 Å². The van der Waals surface area contributed by atoms with Gasteiger partial charge in [0.2, 0.25) is 0 Å². The molecule has 3 aromatic rings. The number of pyridine rings is 1. The molecule has 0 bridgehead atoms. The number of allylic oxidation sites excluding steroid dienone is 1. The monoisotopic (exact) mass is 372 g/mol. The van der Waals surface area contributed by atoms with Crippen molar-refractivity contribution >= 4 is 10.9 Å². The summed E-state index contributed by atoms with van der Waals surface area (Å²) in [5, 5.41) is 4.14. The molecule has 0 saturated carbocycles. The molecule has 0 unspecified atom stereocenters. The van der Waals surface area contributed by atoms with E-state index in [1.807, 2.05) is 38.3 Å². The zero-order valence-corrected chi connectivity index (χ0v) is 15.0. The van der Waals surface area contributed by atoms with Crippen LogP contribution >= 0.6 is 0 Å². The maximum atomic E-state index is 12.7. The van der Waals surface area contributed by atoms with E-state index in [1.54, 1.807) is 12.3 Å². The lowest BCUT2D eigenvalue weighted by atomic mass is 10.1. The van der Waals surface area contributed by atoms with Gasteiger partial charge in [0.15, 0.2) is 5.75 Å². The van der Waals surface area contributed by atoms with Gasteiger partial charge in [-0.3, -0.25) is 4.98 Å². The molecule has 0 amide bonds. The molecule has 27 heavy (non-hydrogen) atoms. The van der Waals surface area contributed by atoms with Crippen LogP contribution in [0.3, 0.4) is 0 Å². The molecular formula is C21H19F3N2O. The molecule has 0 aliphatic heterocycles. The summed E-state index contributed by atoms with van der Waals surface area (Å²) < 4.78 is 43.9. The van der Waals surface area contributed by atoms with Gasteiger partial charge in [0.1, 0.15) is 11.3 Å². The highest BCUT2D eigenvalue weighted by atomic mass is 19.4. The summed E-state index contributed by atoms with van der Waals surface area (Å²) in [6.45, 7) is 4.52. The normalized spacial score (nSPS) is 11.9. The summed E-state index contributed by atoms with van der Waals surface area (Å²) in [7, 11) is 0. The summed E-state index contributed by atoms with van der Waals surface area (Å²) in [5.74, 6) is 0.825. The number of hydrogen-bond acceptors (Lipinski definition) is 3. The average Bonchev–Trinajstić information content (AvgIpc) is 2.63. The second-order valence-electron chi connectivity index (χ2n) is 6.14. The Hall–Kier alpha value is -3.02. The van der Waals surface area contributed by atoms with Crippen LogP contribution in [0.1, 0.15) is 23.6 Å². The average molecular weight is 372 g/mol. The van der Waals surface area contributed by atoms with Crippen LogP contribution in [0.5, 0.6) is 11.5 Å². The second-order valence-corrected chi connectivity index (χ2v) is 6.14. The molecule has 2 aromatic carbocycles. The second kappa shape index (κ2) is 7.70. The number of hydrogen-bond donors (Lipinski definition) is 1. The van der Waals surface area contributed by atoms with Crippen LogP contribution in [0.15, 0.2) is 60.9 Å². The van der Waals surface area contributed by atoms with Crippen molar-refractivity contribution < 1.29 is 17.9 Å². The fourth-order valence-electron chi connectivity index (χ4n) is 2.72. The molecule has 1 heterocycles. The first-order valence-electron chi connectivity index (χ1n) is 8.46. The van der Waals surface area contributed by atoms with Crippen molar-refractivity contribution in [3.63, 3.8) is 0 Å². The minimum Gasteiger partial charge on any atom is -0.455 e. The van der Waals surface area contributed by atoms with E-state index in [-0.39, 0.29) is 0 Å². The first-order chi connectivity index (χ1) is 12.9. The highest BCUT2D eigenvalue weighted by Crippen LogP contribution is 2.34. The van der Waals surface area contributed by atoms with E-state index >= 15 is 0 Å². The van der Waals surface area contributed by atoms with E-state index in [9.17, 15) is 13.2 Å². The van der Waals surface area contributed by atoms with Crippen LogP contribution in [0, 0.1) is 6.92 Å². The minimum absolute atomic E-state index is 0.325. The number of benzene rings is 2. The van der Waals surface area contributed by atoms with Gasteiger partial charge in [-0.25, -0.2) is 0 Å². The molecule has 0 saturated heterocycles. The Morgan fingerprint density at radius 1 is 1.11 bits per heavy atom. The zero-order valence-electron chi connectivity index (χ0n) is 15.0. The summed E-state index contributed by atoms with van der Waals surface area (Å²) in [6, 6.07) is 10.4. The van der Waals surface area contributed by atoms with E-state index < -0.39 is 11.7 Å². The first-order valence-corrected chi connectivity index (χ1v) is 8.46. The lowest BCUT2D eigenvalue weighted by molar-refractivity contribution is -0.137. The summed E-state index contributed by atoms with van der Waals surface area (Å²) in [5.41, 5.74) is 2.03. The zero-order chi connectivity index (χ0) is 19.4.